The third-order valence-electron chi connectivity index (χ3n) is 4.39. The normalized spacial score (nSPS) is 14.1. The van der Waals surface area contributed by atoms with Gasteiger partial charge in [0, 0.05) is 11.4 Å². The molecule has 3 rings (SSSR count). The Balaban J connectivity index is 1.66. The summed E-state index contributed by atoms with van der Waals surface area (Å²) < 4.78 is 28.7. The minimum absolute atomic E-state index is 0.0207. The van der Waals surface area contributed by atoms with E-state index in [0.717, 1.165) is 36.9 Å². The number of benzene rings is 1. The Morgan fingerprint density at radius 1 is 1.29 bits per heavy atom. The Labute approximate surface area is 166 Å². The molecule has 8 heteroatoms. The van der Waals surface area contributed by atoms with Crippen molar-refractivity contribution in [3.63, 3.8) is 0 Å². The molecule has 0 radical (unpaired) electrons. The van der Waals surface area contributed by atoms with Crippen LogP contribution in [0.5, 0.6) is 5.75 Å². The number of aromatic nitrogens is 1. The fraction of sp³-hybridized carbons (Fsp3) is 0.350. The molecule has 0 aliphatic heterocycles. The van der Waals surface area contributed by atoms with Gasteiger partial charge in [-0.05, 0) is 68.5 Å². The lowest BCUT2D eigenvalue weighted by atomic mass is 9.95. The number of rotatable bonds is 6. The van der Waals surface area contributed by atoms with Crippen molar-refractivity contribution in [2.24, 2.45) is 0 Å². The number of halogens is 2. The van der Waals surface area contributed by atoms with Crippen LogP contribution in [0.2, 0.25) is 0 Å². The summed E-state index contributed by atoms with van der Waals surface area (Å²) in [5.74, 6) is -0.247. The van der Waals surface area contributed by atoms with E-state index >= 15 is 0 Å². The number of amides is 1. The maximum Gasteiger partial charge on any atom is 0.387 e. The molecule has 2 aromatic rings. The van der Waals surface area contributed by atoms with Crippen LogP contribution in [-0.2, 0) is 17.6 Å². The highest BCUT2D eigenvalue weighted by Crippen LogP contribution is 2.30. The average molecular weight is 403 g/mol. The maximum atomic E-state index is 12.5. The molecule has 28 heavy (non-hydrogen) atoms. The van der Waals surface area contributed by atoms with Crippen LogP contribution in [0, 0.1) is 11.3 Å². The van der Waals surface area contributed by atoms with Gasteiger partial charge in [-0.2, -0.15) is 14.0 Å². The quantitative estimate of drug-likeness (QED) is 0.716. The van der Waals surface area contributed by atoms with Gasteiger partial charge in [0.2, 0.25) is 5.91 Å². The lowest BCUT2D eigenvalue weighted by Crippen LogP contribution is -2.22. The number of anilines is 1. The van der Waals surface area contributed by atoms with E-state index in [0.29, 0.717) is 16.3 Å². The number of fused-ring (bicyclic) bond motifs is 1. The first-order valence-electron chi connectivity index (χ1n) is 8.91. The highest BCUT2D eigenvalue weighted by molar-refractivity contribution is 8.00. The zero-order valence-corrected chi connectivity index (χ0v) is 16.1. The molecular formula is C20H19F2N3O2S. The van der Waals surface area contributed by atoms with Crippen molar-refractivity contribution in [1.82, 2.24) is 4.98 Å². The van der Waals surface area contributed by atoms with Gasteiger partial charge in [0.15, 0.2) is 0 Å². The van der Waals surface area contributed by atoms with E-state index in [1.54, 1.807) is 6.92 Å². The van der Waals surface area contributed by atoms with Crippen molar-refractivity contribution < 1.29 is 18.3 Å². The molecule has 0 spiro atoms. The van der Waals surface area contributed by atoms with Crippen LogP contribution in [0.25, 0.3) is 0 Å². The van der Waals surface area contributed by atoms with Crippen molar-refractivity contribution in [2.75, 3.05) is 5.32 Å². The molecule has 1 atom stereocenters. The molecule has 1 aliphatic carbocycles. The Bertz CT molecular complexity index is 898. The molecule has 1 amide bonds. The molecule has 1 aliphatic rings. The van der Waals surface area contributed by atoms with Gasteiger partial charge < -0.3 is 10.1 Å². The lowest BCUT2D eigenvalue weighted by molar-refractivity contribution is -0.115. The van der Waals surface area contributed by atoms with Crippen LogP contribution in [0.15, 0.2) is 35.4 Å². The van der Waals surface area contributed by atoms with E-state index in [1.807, 2.05) is 6.07 Å². The monoisotopic (exact) mass is 403 g/mol. The van der Waals surface area contributed by atoms with Gasteiger partial charge in [-0.15, -0.1) is 0 Å². The smallest absolute Gasteiger partial charge is 0.387 e. The second kappa shape index (κ2) is 9.02. The van der Waals surface area contributed by atoms with Crippen LogP contribution in [0.1, 0.15) is 36.6 Å². The van der Waals surface area contributed by atoms with E-state index < -0.39 is 11.9 Å². The Kier molecular flexibility index (Phi) is 6.47. The van der Waals surface area contributed by atoms with E-state index in [1.165, 1.54) is 36.0 Å². The summed E-state index contributed by atoms with van der Waals surface area (Å²) in [6.45, 7) is -1.16. The predicted molar refractivity (Wildman–Crippen MR) is 103 cm³/mol. The van der Waals surface area contributed by atoms with Crippen molar-refractivity contribution in [3.8, 4) is 11.8 Å². The summed E-state index contributed by atoms with van der Waals surface area (Å²) in [4.78, 5) is 17.1. The van der Waals surface area contributed by atoms with Gasteiger partial charge in [0.25, 0.3) is 0 Å². The van der Waals surface area contributed by atoms with Crippen molar-refractivity contribution in [1.29, 1.82) is 5.26 Å². The number of hydrogen-bond acceptors (Lipinski definition) is 5. The molecule has 1 aromatic heterocycles. The number of carbonyl (C=O) groups excluding carboxylic acids is 1. The van der Waals surface area contributed by atoms with Gasteiger partial charge in [-0.25, -0.2) is 4.98 Å². The summed E-state index contributed by atoms with van der Waals surface area (Å²) >= 11 is 1.24. The highest BCUT2D eigenvalue weighted by atomic mass is 32.2. The number of carbonyl (C=O) groups is 1. The van der Waals surface area contributed by atoms with Crippen molar-refractivity contribution in [3.05, 3.63) is 47.2 Å². The van der Waals surface area contributed by atoms with Gasteiger partial charge in [-0.3, -0.25) is 4.79 Å². The summed E-state index contributed by atoms with van der Waals surface area (Å²) in [6.07, 6.45) is 4.01. The molecule has 0 saturated carbocycles. The first kappa shape index (κ1) is 20.1. The van der Waals surface area contributed by atoms with Gasteiger partial charge in [0.05, 0.1) is 10.8 Å². The zero-order chi connectivity index (χ0) is 20.1. The molecule has 0 bridgehead atoms. The minimum atomic E-state index is -2.89. The SMILES string of the molecule is CC(Sc1nc2c(cc1C#N)CCCC2)C(=O)Nc1ccc(OC(F)F)cc1. The van der Waals surface area contributed by atoms with Crippen LogP contribution in [0.3, 0.4) is 0 Å². The second-order valence-corrected chi connectivity index (χ2v) is 7.75. The van der Waals surface area contributed by atoms with Crippen molar-refractivity contribution >= 4 is 23.4 Å². The van der Waals surface area contributed by atoms with Crippen LogP contribution < -0.4 is 10.1 Å². The molecular weight excluding hydrogens is 384 g/mol. The fourth-order valence-corrected chi connectivity index (χ4v) is 3.86. The summed E-state index contributed by atoms with van der Waals surface area (Å²) in [7, 11) is 0. The molecule has 1 N–H and O–H groups in total. The maximum absolute atomic E-state index is 12.5. The van der Waals surface area contributed by atoms with Crippen LogP contribution in [-0.4, -0.2) is 22.8 Å². The molecule has 5 nitrogen and oxygen atoms in total. The number of hydrogen-bond donors (Lipinski definition) is 1. The first-order chi connectivity index (χ1) is 13.5. The highest BCUT2D eigenvalue weighted by Gasteiger charge is 2.20. The molecule has 1 aromatic carbocycles. The third-order valence-corrected chi connectivity index (χ3v) is 5.49. The van der Waals surface area contributed by atoms with E-state index in [9.17, 15) is 18.8 Å². The van der Waals surface area contributed by atoms with E-state index in [-0.39, 0.29) is 11.7 Å². The number of nitrogens with zero attached hydrogens (tertiary/aromatic N) is 2. The van der Waals surface area contributed by atoms with Crippen LogP contribution >= 0.6 is 11.8 Å². The second-order valence-electron chi connectivity index (χ2n) is 6.42. The number of ether oxygens (including phenoxy) is 1. The standard InChI is InChI=1S/C20H19F2N3O2S/c1-12(18(26)24-15-6-8-16(9-7-15)27-20(21)22)28-19-14(11-23)10-13-4-2-3-5-17(13)25-19/h6-10,12,20H,2-5H2,1H3,(H,24,26). The molecule has 146 valence electrons. The van der Waals surface area contributed by atoms with E-state index in [2.05, 4.69) is 21.1 Å². The molecule has 0 fully saturated rings. The molecule has 1 heterocycles. The molecule has 0 saturated heterocycles. The van der Waals surface area contributed by atoms with E-state index in [4.69, 9.17) is 0 Å². The predicted octanol–water partition coefficient (Wildman–Crippen LogP) is 4.55. The number of pyridine rings is 1. The summed E-state index contributed by atoms with van der Waals surface area (Å²) in [5.41, 5.74) is 3.09. The first-order valence-corrected chi connectivity index (χ1v) is 9.79. The number of thioether (sulfide) groups is 1. The Morgan fingerprint density at radius 2 is 2.00 bits per heavy atom. The van der Waals surface area contributed by atoms with Crippen molar-refractivity contribution in [2.45, 2.75) is 49.5 Å². The molecule has 1 unspecified atom stereocenters. The number of alkyl halides is 2. The summed E-state index contributed by atoms with van der Waals surface area (Å²) in [6, 6.07) is 9.76. The minimum Gasteiger partial charge on any atom is -0.435 e. The topological polar surface area (TPSA) is 75.0 Å². The lowest BCUT2D eigenvalue weighted by Gasteiger charge is -2.18. The summed E-state index contributed by atoms with van der Waals surface area (Å²) in [5, 5.41) is 12.2. The fourth-order valence-electron chi connectivity index (χ4n) is 2.97. The number of nitrogens with one attached hydrogen (secondary N) is 1. The Hall–Kier alpha value is -2.66. The van der Waals surface area contributed by atoms with Gasteiger partial charge in [-0.1, -0.05) is 11.8 Å². The Morgan fingerprint density at radius 3 is 2.68 bits per heavy atom. The zero-order valence-electron chi connectivity index (χ0n) is 15.2. The number of aryl methyl sites for hydroxylation is 2. The van der Waals surface area contributed by atoms with Crippen LogP contribution in [0.4, 0.5) is 14.5 Å². The van der Waals surface area contributed by atoms with Gasteiger partial charge >= 0.3 is 6.61 Å². The third kappa shape index (κ3) is 4.98. The number of nitriles is 1. The van der Waals surface area contributed by atoms with Gasteiger partial charge in [0.1, 0.15) is 16.8 Å². The average Bonchev–Trinajstić information content (AvgIpc) is 2.68. The largest absolute Gasteiger partial charge is 0.435 e.